The summed E-state index contributed by atoms with van der Waals surface area (Å²) in [5, 5.41) is 5.65. The maximum absolute atomic E-state index is 12.0. The van der Waals surface area contributed by atoms with Gasteiger partial charge in [0, 0.05) is 20.3 Å². The molecule has 2 saturated heterocycles. The molecule has 2 aliphatic rings. The number of urea groups is 1. The van der Waals surface area contributed by atoms with Gasteiger partial charge >= 0.3 is 6.03 Å². The Balaban J connectivity index is 2.08. The lowest BCUT2D eigenvalue weighted by atomic mass is 9.87. The van der Waals surface area contributed by atoms with Gasteiger partial charge in [-0.1, -0.05) is 0 Å². The third-order valence-corrected chi connectivity index (χ3v) is 3.57. The van der Waals surface area contributed by atoms with Crippen LogP contribution in [-0.2, 0) is 9.53 Å². The first kappa shape index (κ1) is 12.3. The molecule has 0 bridgehead atoms. The maximum Gasteiger partial charge on any atom is 0.325 e. The van der Waals surface area contributed by atoms with Gasteiger partial charge in [-0.05, 0) is 32.4 Å². The molecule has 0 unspecified atom stereocenters. The lowest BCUT2D eigenvalue weighted by Crippen LogP contribution is -2.56. The normalized spacial score (nSPS) is 23.2. The summed E-state index contributed by atoms with van der Waals surface area (Å²) in [6.07, 6.45) is 2.14. The van der Waals surface area contributed by atoms with Gasteiger partial charge in [0.05, 0.1) is 0 Å². The number of hydrogen-bond acceptors (Lipinski definition) is 4. The summed E-state index contributed by atoms with van der Waals surface area (Å²) >= 11 is 0. The number of methoxy groups -OCH3 is 1. The molecule has 0 radical (unpaired) electrons. The van der Waals surface area contributed by atoms with Crippen LogP contribution in [0.4, 0.5) is 4.79 Å². The van der Waals surface area contributed by atoms with Crippen molar-refractivity contribution in [3.8, 4) is 0 Å². The summed E-state index contributed by atoms with van der Waals surface area (Å²) in [6.45, 7) is 2.74. The quantitative estimate of drug-likeness (QED) is 0.523. The highest BCUT2D eigenvalue weighted by Gasteiger charge is 2.52. The highest BCUT2D eigenvalue weighted by atomic mass is 16.5. The van der Waals surface area contributed by atoms with Crippen molar-refractivity contribution in [2.75, 3.05) is 33.4 Å². The molecular formula is C11H19N3O3. The van der Waals surface area contributed by atoms with Crippen molar-refractivity contribution in [2.45, 2.75) is 24.8 Å². The van der Waals surface area contributed by atoms with Gasteiger partial charge in [-0.2, -0.15) is 0 Å². The third kappa shape index (κ3) is 2.14. The second-order valence-electron chi connectivity index (χ2n) is 4.54. The van der Waals surface area contributed by atoms with Crippen LogP contribution >= 0.6 is 0 Å². The van der Waals surface area contributed by atoms with Crippen molar-refractivity contribution in [2.24, 2.45) is 0 Å². The van der Waals surface area contributed by atoms with Crippen LogP contribution in [0.5, 0.6) is 0 Å². The summed E-state index contributed by atoms with van der Waals surface area (Å²) in [4.78, 5) is 25.4. The fourth-order valence-corrected chi connectivity index (χ4v) is 2.62. The second kappa shape index (κ2) is 5.01. The molecule has 0 aromatic heterocycles. The van der Waals surface area contributed by atoms with Crippen LogP contribution in [0, 0.1) is 0 Å². The molecule has 3 amide bonds. The molecule has 2 N–H and O–H groups in total. The first-order valence-corrected chi connectivity index (χ1v) is 6.03. The van der Waals surface area contributed by atoms with Gasteiger partial charge in [0.25, 0.3) is 5.91 Å². The van der Waals surface area contributed by atoms with Gasteiger partial charge in [-0.25, -0.2) is 4.79 Å². The molecule has 2 fully saturated rings. The molecule has 1 spiro atoms. The Labute approximate surface area is 101 Å². The van der Waals surface area contributed by atoms with Gasteiger partial charge in [-0.3, -0.25) is 10.1 Å². The van der Waals surface area contributed by atoms with E-state index in [0.29, 0.717) is 26.0 Å². The molecular weight excluding hydrogens is 222 g/mol. The molecule has 0 aliphatic carbocycles. The molecule has 6 heteroatoms. The number of piperidine rings is 1. The number of carbonyl (C=O) groups is 2. The molecule has 2 rings (SSSR count). The molecule has 96 valence electrons. The van der Waals surface area contributed by atoms with E-state index in [4.69, 9.17) is 4.74 Å². The Morgan fingerprint density at radius 2 is 2.06 bits per heavy atom. The van der Waals surface area contributed by atoms with Gasteiger partial charge < -0.3 is 15.0 Å². The molecule has 2 heterocycles. The minimum absolute atomic E-state index is 0.138. The smallest absolute Gasteiger partial charge is 0.325 e. The number of nitrogens with zero attached hydrogens (tertiary/aromatic N) is 1. The monoisotopic (exact) mass is 241 g/mol. The topological polar surface area (TPSA) is 70.7 Å². The van der Waals surface area contributed by atoms with Crippen molar-refractivity contribution in [3.05, 3.63) is 0 Å². The van der Waals surface area contributed by atoms with E-state index >= 15 is 0 Å². The molecule has 2 aliphatic heterocycles. The number of nitrogens with one attached hydrogen (secondary N) is 2. The van der Waals surface area contributed by atoms with Crippen LogP contribution in [0.1, 0.15) is 19.3 Å². The number of amides is 3. The van der Waals surface area contributed by atoms with Crippen molar-refractivity contribution in [1.82, 2.24) is 15.5 Å². The standard InChI is InChI=1S/C11H19N3O3/c1-17-8-2-7-14-10(16)13-9(15)11(14)3-5-12-6-4-11/h12H,2-8H2,1H3,(H,13,15,16). The maximum atomic E-state index is 12.0. The van der Waals surface area contributed by atoms with E-state index in [1.54, 1.807) is 12.0 Å². The molecule has 0 saturated carbocycles. The minimum atomic E-state index is -0.615. The van der Waals surface area contributed by atoms with E-state index in [1.165, 1.54) is 0 Å². The second-order valence-corrected chi connectivity index (χ2v) is 4.54. The number of imide groups is 1. The summed E-state index contributed by atoms with van der Waals surface area (Å²) in [5.41, 5.74) is -0.615. The first-order valence-electron chi connectivity index (χ1n) is 6.03. The first-order chi connectivity index (χ1) is 8.20. The van der Waals surface area contributed by atoms with Crippen molar-refractivity contribution >= 4 is 11.9 Å². The average molecular weight is 241 g/mol. The van der Waals surface area contributed by atoms with Crippen LogP contribution in [0.3, 0.4) is 0 Å². The van der Waals surface area contributed by atoms with E-state index in [0.717, 1.165) is 19.5 Å². The lowest BCUT2D eigenvalue weighted by Gasteiger charge is -2.38. The Morgan fingerprint density at radius 1 is 1.35 bits per heavy atom. The summed E-state index contributed by atoms with van der Waals surface area (Å²) < 4.78 is 4.98. The van der Waals surface area contributed by atoms with Crippen molar-refractivity contribution in [1.29, 1.82) is 0 Å². The van der Waals surface area contributed by atoms with E-state index < -0.39 is 5.54 Å². The zero-order valence-corrected chi connectivity index (χ0v) is 10.1. The highest BCUT2D eigenvalue weighted by Crippen LogP contribution is 2.30. The van der Waals surface area contributed by atoms with E-state index in [9.17, 15) is 9.59 Å². The third-order valence-electron chi connectivity index (χ3n) is 3.57. The lowest BCUT2D eigenvalue weighted by molar-refractivity contribution is -0.128. The Morgan fingerprint density at radius 3 is 2.71 bits per heavy atom. The van der Waals surface area contributed by atoms with Gasteiger partial charge in [0.1, 0.15) is 5.54 Å². The van der Waals surface area contributed by atoms with Crippen LogP contribution < -0.4 is 10.6 Å². The fourth-order valence-electron chi connectivity index (χ4n) is 2.62. The van der Waals surface area contributed by atoms with Crippen molar-refractivity contribution < 1.29 is 14.3 Å². The van der Waals surface area contributed by atoms with Crippen LogP contribution in [0.2, 0.25) is 0 Å². The number of ether oxygens (including phenoxy) is 1. The van der Waals surface area contributed by atoms with Gasteiger partial charge in [0.2, 0.25) is 0 Å². The summed E-state index contributed by atoms with van der Waals surface area (Å²) in [7, 11) is 1.63. The zero-order valence-electron chi connectivity index (χ0n) is 10.1. The molecule has 0 atom stereocenters. The predicted octanol–water partition coefficient (Wildman–Crippen LogP) is -0.303. The van der Waals surface area contributed by atoms with Gasteiger partial charge in [-0.15, -0.1) is 0 Å². The summed E-state index contributed by atoms with van der Waals surface area (Å²) in [5.74, 6) is -0.138. The molecule has 0 aromatic carbocycles. The number of rotatable bonds is 4. The Hall–Kier alpha value is -1.14. The predicted molar refractivity (Wildman–Crippen MR) is 61.6 cm³/mol. The van der Waals surface area contributed by atoms with E-state index in [1.807, 2.05) is 0 Å². The van der Waals surface area contributed by atoms with E-state index in [-0.39, 0.29) is 11.9 Å². The zero-order chi connectivity index (χ0) is 12.3. The minimum Gasteiger partial charge on any atom is -0.385 e. The van der Waals surface area contributed by atoms with Gasteiger partial charge in [0.15, 0.2) is 0 Å². The number of carbonyl (C=O) groups excluding carboxylic acids is 2. The van der Waals surface area contributed by atoms with Crippen LogP contribution in [0.15, 0.2) is 0 Å². The van der Waals surface area contributed by atoms with Crippen molar-refractivity contribution in [3.63, 3.8) is 0 Å². The Bertz CT molecular complexity index is 313. The average Bonchev–Trinajstić information content (AvgIpc) is 2.55. The largest absolute Gasteiger partial charge is 0.385 e. The summed E-state index contributed by atoms with van der Waals surface area (Å²) in [6, 6.07) is -0.256. The Kier molecular flexibility index (Phi) is 3.63. The van der Waals surface area contributed by atoms with Crippen LogP contribution in [-0.4, -0.2) is 55.7 Å². The highest BCUT2D eigenvalue weighted by molar-refractivity contribution is 6.07. The van der Waals surface area contributed by atoms with E-state index in [2.05, 4.69) is 10.6 Å². The molecule has 17 heavy (non-hydrogen) atoms. The fraction of sp³-hybridized carbons (Fsp3) is 0.818. The number of hydrogen-bond donors (Lipinski definition) is 2. The molecule has 0 aromatic rings. The molecule has 6 nitrogen and oxygen atoms in total. The van der Waals surface area contributed by atoms with Crippen LogP contribution in [0.25, 0.3) is 0 Å². The SMILES string of the molecule is COCCCN1C(=O)NC(=O)C12CCNCC2.